The summed E-state index contributed by atoms with van der Waals surface area (Å²) in [6.07, 6.45) is -3.96. The number of aliphatic hydroxyl groups excluding tert-OH is 3. The first-order valence-corrected chi connectivity index (χ1v) is 3.49. The summed E-state index contributed by atoms with van der Waals surface area (Å²) < 4.78 is 0. The fourth-order valence-corrected chi connectivity index (χ4v) is 0.675. The van der Waals surface area contributed by atoms with Gasteiger partial charge in [-0.05, 0) is 0 Å². The Morgan fingerprint density at radius 1 is 1.14 bits per heavy atom. The van der Waals surface area contributed by atoms with Crippen molar-refractivity contribution in [2.75, 3.05) is 6.54 Å². The van der Waals surface area contributed by atoms with Crippen molar-refractivity contribution in [1.82, 2.24) is 0 Å². The minimum atomic E-state index is -1.49. The molecule has 88 valence electrons. The fraction of sp³-hybridized carbons (Fsp3) is 0.833. The Morgan fingerprint density at radius 2 is 1.57 bits per heavy atom. The highest BCUT2D eigenvalue weighted by Gasteiger charge is 2.28. The molecule has 0 heterocycles. The van der Waals surface area contributed by atoms with E-state index in [2.05, 4.69) is 0 Å². The van der Waals surface area contributed by atoms with E-state index in [4.69, 9.17) is 26.8 Å². The van der Waals surface area contributed by atoms with E-state index in [1.54, 1.807) is 0 Å². The second-order valence-electron chi connectivity index (χ2n) is 2.50. The van der Waals surface area contributed by atoms with Crippen LogP contribution in [-0.2, 0) is 4.79 Å². The average Bonchev–Trinajstić information content (AvgIpc) is 2.12. The molecule has 0 unspecified atom stereocenters. The van der Waals surface area contributed by atoms with Gasteiger partial charge in [0.15, 0.2) is 0 Å². The van der Waals surface area contributed by atoms with Crippen molar-refractivity contribution >= 4 is 31.1 Å². The van der Waals surface area contributed by atoms with Crippen LogP contribution >= 0.6 is 24.8 Å². The van der Waals surface area contributed by atoms with Crippen LogP contribution in [0.1, 0.15) is 0 Å². The van der Waals surface area contributed by atoms with E-state index in [-0.39, 0.29) is 37.6 Å². The maximum atomic E-state index is 10.1. The van der Waals surface area contributed by atoms with Crippen LogP contribution in [0.25, 0.3) is 0 Å². The molecule has 7 N–H and O–H groups in total. The summed E-state index contributed by atoms with van der Waals surface area (Å²) in [5.41, 5.74) is 10.1. The van der Waals surface area contributed by atoms with Gasteiger partial charge in [-0.2, -0.15) is 0 Å². The lowest BCUT2D eigenvalue weighted by atomic mass is 10.0. The number of hydrogen-bond acceptors (Lipinski definition) is 6. The first-order chi connectivity index (χ1) is 5.54. The topological polar surface area (TPSA) is 130 Å². The van der Waals surface area contributed by atoms with Gasteiger partial charge in [-0.15, -0.1) is 24.8 Å². The van der Waals surface area contributed by atoms with Crippen molar-refractivity contribution in [3.63, 3.8) is 0 Å². The first kappa shape index (κ1) is 19.6. The van der Waals surface area contributed by atoms with Gasteiger partial charge in [0.05, 0.1) is 12.1 Å². The number of rotatable bonds is 5. The molecule has 0 aromatic heterocycles. The van der Waals surface area contributed by atoms with E-state index in [9.17, 15) is 4.79 Å². The molecular weight excluding hydrogens is 235 g/mol. The molecule has 0 rings (SSSR count). The molecule has 0 aliphatic heterocycles. The zero-order valence-electron chi connectivity index (χ0n) is 7.31. The SMILES string of the molecule is Cl.Cl.NC[C@@H](O)[C@@H](O)[C@H](O)[C@H](N)C=O. The Labute approximate surface area is 94.1 Å². The van der Waals surface area contributed by atoms with Crippen LogP contribution in [0.3, 0.4) is 0 Å². The van der Waals surface area contributed by atoms with Crippen molar-refractivity contribution in [3.8, 4) is 0 Å². The summed E-state index contributed by atoms with van der Waals surface area (Å²) in [4.78, 5) is 10.1. The molecule has 0 aliphatic carbocycles. The molecular formula is C6H16Cl2N2O4. The van der Waals surface area contributed by atoms with Crippen LogP contribution in [-0.4, -0.2) is 52.5 Å². The monoisotopic (exact) mass is 250 g/mol. The average molecular weight is 251 g/mol. The van der Waals surface area contributed by atoms with Crippen molar-refractivity contribution in [2.45, 2.75) is 24.4 Å². The number of hydrogen-bond donors (Lipinski definition) is 5. The first-order valence-electron chi connectivity index (χ1n) is 3.49. The zero-order valence-corrected chi connectivity index (χ0v) is 8.95. The van der Waals surface area contributed by atoms with Crippen molar-refractivity contribution in [1.29, 1.82) is 0 Å². The highest BCUT2D eigenvalue weighted by Crippen LogP contribution is 2.01. The number of aliphatic hydroxyl groups is 3. The third-order valence-corrected chi connectivity index (χ3v) is 1.54. The molecule has 0 aromatic carbocycles. The Balaban J connectivity index is -0.000000605. The van der Waals surface area contributed by atoms with Gasteiger partial charge in [-0.3, -0.25) is 0 Å². The molecule has 0 saturated heterocycles. The van der Waals surface area contributed by atoms with Gasteiger partial charge >= 0.3 is 0 Å². The van der Waals surface area contributed by atoms with Gasteiger partial charge in [-0.1, -0.05) is 0 Å². The molecule has 0 amide bonds. The number of aldehydes is 1. The summed E-state index contributed by atoms with van der Waals surface area (Å²) in [5, 5.41) is 27.1. The van der Waals surface area contributed by atoms with E-state index in [0.29, 0.717) is 0 Å². The van der Waals surface area contributed by atoms with Gasteiger partial charge in [-0.25, -0.2) is 0 Å². The van der Waals surface area contributed by atoms with Crippen LogP contribution in [0.5, 0.6) is 0 Å². The van der Waals surface area contributed by atoms with E-state index in [1.807, 2.05) is 0 Å². The second kappa shape index (κ2) is 9.60. The van der Waals surface area contributed by atoms with Crippen molar-refractivity contribution in [3.05, 3.63) is 0 Å². The highest BCUT2D eigenvalue weighted by atomic mass is 35.5. The molecule has 0 bridgehead atoms. The largest absolute Gasteiger partial charge is 0.389 e. The molecule has 6 nitrogen and oxygen atoms in total. The maximum absolute atomic E-state index is 10.1. The van der Waals surface area contributed by atoms with Gasteiger partial charge in [0.1, 0.15) is 18.5 Å². The van der Waals surface area contributed by atoms with Crippen LogP contribution in [0, 0.1) is 0 Å². The second-order valence-corrected chi connectivity index (χ2v) is 2.50. The lowest BCUT2D eigenvalue weighted by molar-refractivity contribution is -0.116. The van der Waals surface area contributed by atoms with Gasteiger partial charge in [0.2, 0.25) is 0 Å². The molecule has 0 radical (unpaired) electrons. The number of carbonyl (C=O) groups excluding carboxylic acids is 1. The van der Waals surface area contributed by atoms with E-state index in [0.717, 1.165) is 0 Å². The lowest BCUT2D eigenvalue weighted by Gasteiger charge is -2.23. The van der Waals surface area contributed by atoms with E-state index >= 15 is 0 Å². The quantitative estimate of drug-likeness (QED) is 0.340. The summed E-state index contributed by atoms with van der Waals surface area (Å²) in [7, 11) is 0. The molecule has 0 spiro atoms. The van der Waals surface area contributed by atoms with Gasteiger partial charge < -0.3 is 31.6 Å². The Morgan fingerprint density at radius 3 is 1.86 bits per heavy atom. The smallest absolute Gasteiger partial charge is 0.139 e. The summed E-state index contributed by atoms with van der Waals surface area (Å²) in [6, 6.07) is -1.21. The van der Waals surface area contributed by atoms with Crippen LogP contribution in [0.4, 0.5) is 0 Å². The highest BCUT2D eigenvalue weighted by molar-refractivity contribution is 5.85. The summed E-state index contributed by atoms with van der Waals surface area (Å²) in [5.74, 6) is 0. The van der Waals surface area contributed by atoms with Gasteiger partial charge in [0, 0.05) is 6.54 Å². The Kier molecular flexibility index (Phi) is 13.4. The number of halogens is 2. The predicted octanol–water partition coefficient (Wildman–Crippen LogP) is -2.60. The summed E-state index contributed by atoms with van der Waals surface area (Å²) >= 11 is 0. The Hall–Kier alpha value is 0.0500. The predicted molar refractivity (Wildman–Crippen MR) is 55.6 cm³/mol. The molecule has 8 heteroatoms. The number of nitrogens with two attached hydrogens (primary N) is 2. The van der Waals surface area contributed by atoms with Crippen LogP contribution in [0.15, 0.2) is 0 Å². The summed E-state index contributed by atoms with van der Waals surface area (Å²) in [6.45, 7) is -0.205. The minimum absolute atomic E-state index is 0. The molecule has 14 heavy (non-hydrogen) atoms. The van der Waals surface area contributed by atoms with Gasteiger partial charge in [0.25, 0.3) is 0 Å². The number of carbonyl (C=O) groups is 1. The minimum Gasteiger partial charge on any atom is -0.389 e. The van der Waals surface area contributed by atoms with Crippen molar-refractivity contribution < 1.29 is 20.1 Å². The lowest BCUT2D eigenvalue weighted by Crippen LogP contribution is -2.50. The molecule has 0 aromatic rings. The van der Waals surface area contributed by atoms with E-state index < -0.39 is 24.4 Å². The standard InChI is InChI=1S/C6H14N2O4.2ClH/c7-1-4(10)6(12)5(11)3(8)2-9;;/h2-6,10-12H,1,7-8H2;2*1H/t3-,4-,5-,6-;;/m1../s1. The molecule has 0 saturated carbocycles. The fourth-order valence-electron chi connectivity index (χ4n) is 0.675. The normalized spacial score (nSPS) is 18.1. The van der Waals surface area contributed by atoms with E-state index in [1.165, 1.54) is 0 Å². The molecule has 4 atom stereocenters. The molecule has 0 aliphatic rings. The van der Waals surface area contributed by atoms with Crippen LogP contribution < -0.4 is 11.5 Å². The third-order valence-electron chi connectivity index (χ3n) is 1.54. The maximum Gasteiger partial charge on any atom is 0.139 e. The Bertz CT molecular complexity index is 152. The van der Waals surface area contributed by atoms with Crippen molar-refractivity contribution in [2.24, 2.45) is 11.5 Å². The third kappa shape index (κ3) is 5.71. The zero-order chi connectivity index (χ0) is 9.72. The molecule has 0 fully saturated rings. The van der Waals surface area contributed by atoms with Crippen LogP contribution in [0.2, 0.25) is 0 Å².